The van der Waals surface area contributed by atoms with Crippen LogP contribution in [0.15, 0.2) is 0 Å². The molecule has 1 aliphatic heterocycles. The summed E-state index contributed by atoms with van der Waals surface area (Å²) in [5.41, 5.74) is 0.0647. The van der Waals surface area contributed by atoms with Crippen molar-refractivity contribution in [1.82, 2.24) is 4.90 Å². The third-order valence-corrected chi connectivity index (χ3v) is 12.3. The molecule has 2 rings (SSSR count). The number of aliphatic hydroxyl groups is 1. The second-order valence-corrected chi connectivity index (χ2v) is 16.8. The highest BCUT2D eigenvalue weighted by atomic mass is 16.6. The fourth-order valence-electron chi connectivity index (χ4n) is 8.77. The number of carbonyl (C=O) groups excluding carboxylic acids is 2. The number of ether oxygens (including phenoxy) is 2. The Morgan fingerprint density at radius 3 is 1.27 bits per heavy atom. The SMILES string of the molecule is CCCCCCCCC(CCCCCC)C(=O)O[C@@H]1CC2(CCN(CCCCO)CC2)C[C@H]1OC(=O)C(CCCCCC)CCCCCCCC. The van der Waals surface area contributed by atoms with Crippen molar-refractivity contribution in [3.8, 4) is 0 Å². The van der Waals surface area contributed by atoms with Crippen molar-refractivity contribution < 1.29 is 24.2 Å². The van der Waals surface area contributed by atoms with Gasteiger partial charge in [-0.05, 0) is 89.3 Å². The van der Waals surface area contributed by atoms with E-state index in [0.717, 1.165) is 110 Å². The highest BCUT2D eigenvalue weighted by Crippen LogP contribution is 2.49. The van der Waals surface area contributed by atoms with Crippen molar-refractivity contribution in [1.29, 1.82) is 0 Å². The quantitative estimate of drug-likeness (QED) is 0.0551. The van der Waals surface area contributed by atoms with E-state index in [0.29, 0.717) is 0 Å². The van der Waals surface area contributed by atoms with Crippen LogP contribution in [-0.4, -0.2) is 60.4 Å². The Morgan fingerprint density at radius 1 is 0.549 bits per heavy atom. The number of likely N-dealkylation sites (tertiary alicyclic amines) is 1. The van der Waals surface area contributed by atoms with E-state index in [4.69, 9.17) is 9.47 Å². The predicted octanol–water partition coefficient (Wildman–Crippen LogP) is 12.1. The molecule has 4 atom stereocenters. The summed E-state index contributed by atoms with van der Waals surface area (Å²) in [5, 5.41) is 9.27. The number of hydrogen-bond donors (Lipinski definition) is 1. The van der Waals surface area contributed by atoms with Gasteiger partial charge in [0.2, 0.25) is 0 Å². The van der Waals surface area contributed by atoms with Crippen molar-refractivity contribution in [2.75, 3.05) is 26.2 Å². The Bertz CT molecular complexity index is 800. The number of rotatable bonds is 32. The number of unbranched alkanes of at least 4 members (excludes halogenated alkanes) is 17. The lowest BCUT2D eigenvalue weighted by molar-refractivity contribution is -0.171. The minimum atomic E-state index is -0.333. The maximum absolute atomic E-state index is 14.0. The summed E-state index contributed by atoms with van der Waals surface area (Å²) >= 11 is 0. The summed E-state index contributed by atoms with van der Waals surface area (Å²) in [7, 11) is 0. The molecule has 1 N–H and O–H groups in total. The van der Waals surface area contributed by atoms with E-state index in [9.17, 15) is 14.7 Å². The van der Waals surface area contributed by atoms with Crippen LogP contribution in [0.3, 0.4) is 0 Å². The number of piperidine rings is 1. The third kappa shape index (κ3) is 19.7. The molecule has 1 spiro atoms. The Hall–Kier alpha value is -1.14. The summed E-state index contributed by atoms with van der Waals surface area (Å²) in [4.78, 5) is 30.6. The number of aliphatic hydroxyl groups excluding tert-OH is 1. The minimum Gasteiger partial charge on any atom is -0.458 e. The summed E-state index contributed by atoms with van der Waals surface area (Å²) in [5.74, 6) is -0.165. The van der Waals surface area contributed by atoms with Crippen LogP contribution < -0.4 is 0 Å². The molecule has 0 aromatic rings. The molecule has 0 bridgehead atoms. The van der Waals surface area contributed by atoms with Gasteiger partial charge in [-0.15, -0.1) is 0 Å². The van der Waals surface area contributed by atoms with Gasteiger partial charge in [0.25, 0.3) is 0 Å². The van der Waals surface area contributed by atoms with Crippen molar-refractivity contribution in [3.63, 3.8) is 0 Å². The molecular weight excluding hydrogens is 634 g/mol. The van der Waals surface area contributed by atoms with E-state index in [1.54, 1.807) is 0 Å². The zero-order chi connectivity index (χ0) is 37.0. The van der Waals surface area contributed by atoms with E-state index < -0.39 is 0 Å². The van der Waals surface area contributed by atoms with Gasteiger partial charge in [0.1, 0.15) is 12.2 Å². The van der Waals surface area contributed by atoms with Gasteiger partial charge < -0.3 is 19.5 Å². The lowest BCUT2D eigenvalue weighted by atomic mass is 9.76. The van der Waals surface area contributed by atoms with Gasteiger partial charge in [0.15, 0.2) is 0 Å². The third-order valence-electron chi connectivity index (χ3n) is 12.3. The first-order chi connectivity index (χ1) is 24.9. The fourth-order valence-corrected chi connectivity index (χ4v) is 8.77. The molecule has 0 aromatic heterocycles. The van der Waals surface area contributed by atoms with Crippen molar-refractivity contribution in [3.05, 3.63) is 0 Å². The molecule has 0 radical (unpaired) electrons. The molecule has 1 saturated heterocycles. The molecular formula is C45H85NO5. The summed E-state index contributed by atoms with van der Waals surface area (Å²) in [6.45, 7) is 12.3. The molecule has 0 amide bonds. The summed E-state index contributed by atoms with van der Waals surface area (Å²) < 4.78 is 13.1. The number of nitrogens with zero attached hydrogens (tertiary/aromatic N) is 1. The van der Waals surface area contributed by atoms with Gasteiger partial charge >= 0.3 is 11.9 Å². The lowest BCUT2D eigenvalue weighted by Gasteiger charge is -2.39. The van der Waals surface area contributed by atoms with Crippen molar-refractivity contribution in [2.45, 2.75) is 233 Å². The number of hydrogen-bond acceptors (Lipinski definition) is 6. The molecule has 51 heavy (non-hydrogen) atoms. The van der Waals surface area contributed by atoms with E-state index in [-0.39, 0.29) is 48.0 Å². The van der Waals surface area contributed by atoms with Crippen LogP contribution in [0.4, 0.5) is 0 Å². The van der Waals surface area contributed by atoms with Crippen LogP contribution in [0.5, 0.6) is 0 Å². The van der Waals surface area contributed by atoms with Crippen LogP contribution in [0.25, 0.3) is 0 Å². The molecule has 1 saturated carbocycles. The Labute approximate surface area is 316 Å². The van der Waals surface area contributed by atoms with Crippen LogP contribution in [0.1, 0.15) is 220 Å². The molecule has 300 valence electrons. The lowest BCUT2D eigenvalue weighted by Crippen LogP contribution is -2.40. The molecule has 6 heteroatoms. The smallest absolute Gasteiger partial charge is 0.309 e. The van der Waals surface area contributed by atoms with E-state index in [2.05, 4.69) is 32.6 Å². The largest absolute Gasteiger partial charge is 0.458 e. The van der Waals surface area contributed by atoms with Crippen LogP contribution in [0, 0.1) is 17.3 Å². The average Bonchev–Trinajstić information content (AvgIpc) is 3.45. The fraction of sp³-hybridized carbons (Fsp3) is 0.956. The molecule has 0 aromatic carbocycles. The zero-order valence-electron chi connectivity index (χ0n) is 34.4. The van der Waals surface area contributed by atoms with E-state index in [1.165, 1.54) is 103 Å². The first-order valence-electron chi connectivity index (χ1n) is 22.7. The molecule has 1 heterocycles. The Kier molecular flexibility index (Phi) is 26.4. The summed E-state index contributed by atoms with van der Waals surface area (Å²) in [6, 6.07) is 0. The first kappa shape index (κ1) is 46.0. The Morgan fingerprint density at radius 2 is 0.902 bits per heavy atom. The van der Waals surface area contributed by atoms with Gasteiger partial charge in [-0.2, -0.15) is 0 Å². The van der Waals surface area contributed by atoms with Gasteiger partial charge in [-0.3, -0.25) is 9.59 Å². The minimum absolute atomic E-state index is 0.0345. The molecule has 6 nitrogen and oxygen atoms in total. The first-order valence-corrected chi connectivity index (χ1v) is 22.7. The van der Waals surface area contributed by atoms with Crippen molar-refractivity contribution in [2.24, 2.45) is 17.3 Å². The van der Waals surface area contributed by atoms with E-state index >= 15 is 0 Å². The standard InChI is InChI=1S/C45H85NO5/c1-5-9-13-17-19-23-29-39(27-21-15-11-7-3)43(48)50-41-37-45(31-34-46(35-32-45)33-25-26-36-47)38-42(41)51-44(49)40(28-22-16-12-8-4)30-24-20-18-14-10-6-2/h39-42,47H,5-38H2,1-4H3/t39?,40?,41-,42-/m1/s1. The van der Waals surface area contributed by atoms with Crippen LogP contribution in [0.2, 0.25) is 0 Å². The maximum atomic E-state index is 14.0. The molecule has 2 fully saturated rings. The normalized spacial score (nSPS) is 20.1. The maximum Gasteiger partial charge on any atom is 0.309 e. The van der Waals surface area contributed by atoms with Crippen LogP contribution in [-0.2, 0) is 19.1 Å². The number of esters is 2. The van der Waals surface area contributed by atoms with Gasteiger partial charge in [0.05, 0.1) is 11.8 Å². The van der Waals surface area contributed by atoms with Gasteiger partial charge in [-0.1, -0.05) is 156 Å². The Balaban J connectivity index is 2.15. The molecule has 2 aliphatic rings. The van der Waals surface area contributed by atoms with Crippen molar-refractivity contribution >= 4 is 11.9 Å². The van der Waals surface area contributed by atoms with Gasteiger partial charge in [0, 0.05) is 6.61 Å². The zero-order valence-corrected chi connectivity index (χ0v) is 34.4. The van der Waals surface area contributed by atoms with E-state index in [1.807, 2.05) is 0 Å². The predicted molar refractivity (Wildman–Crippen MR) is 214 cm³/mol. The average molecular weight is 720 g/mol. The second-order valence-electron chi connectivity index (χ2n) is 16.8. The monoisotopic (exact) mass is 720 g/mol. The summed E-state index contributed by atoms with van der Waals surface area (Å²) in [6.07, 6.45) is 32.7. The van der Waals surface area contributed by atoms with Gasteiger partial charge in [-0.25, -0.2) is 0 Å². The molecule has 1 aliphatic carbocycles. The van der Waals surface area contributed by atoms with Crippen LogP contribution >= 0.6 is 0 Å². The highest BCUT2D eigenvalue weighted by molar-refractivity contribution is 5.74. The second kappa shape index (κ2) is 29.2. The topological polar surface area (TPSA) is 76.1 Å². The highest BCUT2D eigenvalue weighted by Gasteiger charge is 2.50. The molecule has 2 unspecified atom stereocenters. The number of carbonyl (C=O) groups is 2.